The number of nitrogens with one attached hydrogen (secondary N) is 2. The molecule has 0 bridgehead atoms. The second kappa shape index (κ2) is 13.6. The summed E-state index contributed by atoms with van der Waals surface area (Å²) >= 11 is 0. The summed E-state index contributed by atoms with van der Waals surface area (Å²) in [7, 11) is 0. The number of rotatable bonds is 12. The van der Waals surface area contributed by atoms with E-state index in [1.54, 1.807) is 31.2 Å². The fourth-order valence-corrected chi connectivity index (χ4v) is 2.93. The molecule has 0 heterocycles. The number of carbonyl (C=O) groups excluding carboxylic acids is 4. The number of amides is 2. The van der Waals surface area contributed by atoms with Crippen LogP contribution in [-0.2, 0) is 23.9 Å². The molecule has 2 amide bonds. The summed E-state index contributed by atoms with van der Waals surface area (Å²) in [5, 5.41) is 16.1. The third-order valence-electron chi connectivity index (χ3n) is 4.79. The zero-order chi connectivity index (χ0) is 26.7. The van der Waals surface area contributed by atoms with Gasteiger partial charge in [0.15, 0.2) is 6.61 Å². The topological polar surface area (TPSA) is 154 Å². The second-order valence-corrected chi connectivity index (χ2v) is 8.44. The fourth-order valence-electron chi connectivity index (χ4n) is 2.93. The predicted molar refractivity (Wildman–Crippen MR) is 131 cm³/mol. The number of hydrogen-bond acceptors (Lipinski definition) is 8. The van der Waals surface area contributed by atoms with Gasteiger partial charge in [-0.1, -0.05) is 19.9 Å². The van der Waals surface area contributed by atoms with Gasteiger partial charge in [-0.15, -0.1) is 0 Å². The average Bonchev–Trinajstić information content (AvgIpc) is 2.82. The minimum absolute atomic E-state index is 0.0481. The summed E-state index contributed by atoms with van der Waals surface area (Å²) in [4.78, 5) is 58.2. The van der Waals surface area contributed by atoms with Crippen molar-refractivity contribution in [2.24, 2.45) is 5.92 Å². The highest BCUT2D eigenvalue weighted by atomic mass is 16.6. The molecular weight excluding hydrogens is 470 g/mol. The quantitative estimate of drug-likeness (QED) is 0.252. The number of anilines is 2. The molecule has 0 saturated carbocycles. The molecule has 0 fully saturated rings. The Balaban J connectivity index is 1.68. The molecule has 0 spiro atoms. The lowest BCUT2D eigenvalue weighted by atomic mass is 10.2. The molecule has 0 saturated heterocycles. The molecule has 0 radical (unpaired) electrons. The zero-order valence-electron chi connectivity index (χ0n) is 20.4. The summed E-state index contributed by atoms with van der Waals surface area (Å²) < 4.78 is 10.0. The molecule has 0 aromatic heterocycles. The number of ether oxygens (including phenoxy) is 2. The van der Waals surface area contributed by atoms with Crippen LogP contribution in [-0.4, -0.2) is 41.9 Å². The van der Waals surface area contributed by atoms with E-state index >= 15 is 0 Å². The fraction of sp³-hybridized carbons (Fsp3) is 0.360. The third-order valence-corrected chi connectivity index (χ3v) is 4.79. The number of aryl methyl sites for hydroxylation is 1. The standard InChI is InChI=1S/C25H29N3O8/c1-16(2)14-36-25(32)18-8-11-19(12-9-18)26-22(29)5-4-6-24(31)35-15-23(30)27-20-10-7-17(3)21(13-20)28(33)34/h7-13,16H,4-6,14-15H2,1-3H3,(H,26,29)(H,27,30). The Hall–Kier alpha value is -4.28. The Morgan fingerprint density at radius 2 is 1.56 bits per heavy atom. The lowest BCUT2D eigenvalue weighted by Gasteiger charge is -2.09. The van der Waals surface area contributed by atoms with Crippen LogP contribution in [0.3, 0.4) is 0 Å². The van der Waals surface area contributed by atoms with Gasteiger partial charge in [0.2, 0.25) is 5.91 Å². The Morgan fingerprint density at radius 3 is 2.19 bits per heavy atom. The van der Waals surface area contributed by atoms with Crippen molar-refractivity contribution in [3.8, 4) is 0 Å². The normalized spacial score (nSPS) is 10.4. The number of carbonyl (C=O) groups is 4. The van der Waals surface area contributed by atoms with E-state index in [1.165, 1.54) is 18.2 Å². The van der Waals surface area contributed by atoms with E-state index in [2.05, 4.69) is 10.6 Å². The van der Waals surface area contributed by atoms with E-state index in [0.29, 0.717) is 23.4 Å². The molecule has 2 N–H and O–H groups in total. The molecule has 0 atom stereocenters. The zero-order valence-corrected chi connectivity index (χ0v) is 20.4. The molecule has 2 aromatic carbocycles. The summed E-state index contributed by atoms with van der Waals surface area (Å²) in [6.07, 6.45) is 0.180. The van der Waals surface area contributed by atoms with Gasteiger partial charge in [0.25, 0.3) is 11.6 Å². The molecule has 11 heteroatoms. The van der Waals surface area contributed by atoms with Crippen LogP contribution < -0.4 is 10.6 Å². The minimum atomic E-state index is -0.655. The molecule has 0 aliphatic rings. The first-order valence-electron chi connectivity index (χ1n) is 11.3. The van der Waals surface area contributed by atoms with E-state index < -0.39 is 29.4 Å². The van der Waals surface area contributed by atoms with Crippen molar-refractivity contribution < 1.29 is 33.6 Å². The summed E-state index contributed by atoms with van der Waals surface area (Å²) in [6.45, 7) is 5.22. The highest BCUT2D eigenvalue weighted by Gasteiger charge is 2.14. The molecule has 2 rings (SSSR count). The third kappa shape index (κ3) is 9.53. The first kappa shape index (κ1) is 28.0. The average molecular weight is 500 g/mol. The highest BCUT2D eigenvalue weighted by molar-refractivity contribution is 5.94. The van der Waals surface area contributed by atoms with Crippen molar-refractivity contribution in [3.05, 3.63) is 63.7 Å². The molecule has 36 heavy (non-hydrogen) atoms. The number of benzene rings is 2. The van der Waals surface area contributed by atoms with Crippen LogP contribution in [0.1, 0.15) is 49.0 Å². The molecule has 2 aromatic rings. The summed E-state index contributed by atoms with van der Waals surface area (Å²) in [5.74, 6) is -1.83. The molecule has 192 valence electrons. The monoisotopic (exact) mass is 499 g/mol. The van der Waals surface area contributed by atoms with Crippen molar-refractivity contribution in [1.82, 2.24) is 0 Å². The van der Waals surface area contributed by atoms with Crippen LogP contribution >= 0.6 is 0 Å². The van der Waals surface area contributed by atoms with Crippen molar-refractivity contribution in [3.63, 3.8) is 0 Å². The molecular formula is C25H29N3O8. The number of hydrogen-bond donors (Lipinski definition) is 2. The van der Waals surface area contributed by atoms with Gasteiger partial charge >= 0.3 is 11.9 Å². The first-order valence-corrected chi connectivity index (χ1v) is 11.3. The second-order valence-electron chi connectivity index (χ2n) is 8.44. The number of esters is 2. The van der Waals surface area contributed by atoms with Gasteiger partial charge in [0, 0.05) is 35.8 Å². The minimum Gasteiger partial charge on any atom is -0.462 e. The van der Waals surface area contributed by atoms with Crippen LogP contribution in [0.15, 0.2) is 42.5 Å². The van der Waals surface area contributed by atoms with E-state index in [0.717, 1.165) is 0 Å². The Bertz CT molecular complexity index is 1110. The summed E-state index contributed by atoms with van der Waals surface area (Å²) in [5.41, 5.74) is 1.40. The van der Waals surface area contributed by atoms with Gasteiger partial charge in [0.05, 0.1) is 17.1 Å². The van der Waals surface area contributed by atoms with Crippen molar-refractivity contribution >= 4 is 40.8 Å². The first-order chi connectivity index (χ1) is 17.0. The molecule has 0 aliphatic carbocycles. The SMILES string of the molecule is Cc1ccc(NC(=O)COC(=O)CCCC(=O)Nc2ccc(C(=O)OCC(C)C)cc2)cc1[N+](=O)[O-]. The van der Waals surface area contributed by atoms with Crippen molar-refractivity contribution in [2.75, 3.05) is 23.8 Å². The van der Waals surface area contributed by atoms with Crippen LogP contribution in [0.5, 0.6) is 0 Å². The number of nitrogens with zero attached hydrogens (tertiary/aromatic N) is 1. The van der Waals surface area contributed by atoms with Gasteiger partial charge in [-0.3, -0.25) is 24.5 Å². The van der Waals surface area contributed by atoms with Crippen LogP contribution in [0, 0.1) is 23.0 Å². The van der Waals surface area contributed by atoms with Gasteiger partial charge < -0.3 is 20.1 Å². The maximum absolute atomic E-state index is 12.1. The smallest absolute Gasteiger partial charge is 0.338 e. The van der Waals surface area contributed by atoms with Crippen LogP contribution in [0.2, 0.25) is 0 Å². The maximum atomic E-state index is 12.1. The van der Waals surface area contributed by atoms with Gasteiger partial charge in [-0.05, 0) is 49.6 Å². The Labute approximate surface area is 208 Å². The van der Waals surface area contributed by atoms with Gasteiger partial charge in [-0.25, -0.2) is 4.79 Å². The highest BCUT2D eigenvalue weighted by Crippen LogP contribution is 2.22. The van der Waals surface area contributed by atoms with Gasteiger partial charge in [0.1, 0.15) is 0 Å². The lowest BCUT2D eigenvalue weighted by molar-refractivity contribution is -0.385. The predicted octanol–water partition coefficient (Wildman–Crippen LogP) is 4.01. The maximum Gasteiger partial charge on any atom is 0.338 e. The van der Waals surface area contributed by atoms with Crippen LogP contribution in [0.25, 0.3) is 0 Å². The van der Waals surface area contributed by atoms with Crippen molar-refractivity contribution in [2.45, 2.75) is 40.0 Å². The molecule has 0 unspecified atom stereocenters. The lowest BCUT2D eigenvalue weighted by Crippen LogP contribution is -2.21. The van der Waals surface area contributed by atoms with E-state index in [9.17, 15) is 29.3 Å². The summed E-state index contributed by atoms with van der Waals surface area (Å²) in [6, 6.07) is 10.5. The van der Waals surface area contributed by atoms with Gasteiger partial charge in [-0.2, -0.15) is 0 Å². The number of nitro groups is 1. The molecule has 11 nitrogen and oxygen atoms in total. The van der Waals surface area contributed by atoms with Crippen molar-refractivity contribution in [1.29, 1.82) is 0 Å². The van der Waals surface area contributed by atoms with Crippen LogP contribution in [0.4, 0.5) is 17.1 Å². The Morgan fingerprint density at radius 1 is 0.917 bits per heavy atom. The Kier molecular flexibility index (Phi) is 10.5. The van der Waals surface area contributed by atoms with E-state index in [1.807, 2.05) is 13.8 Å². The largest absolute Gasteiger partial charge is 0.462 e. The van der Waals surface area contributed by atoms with E-state index in [4.69, 9.17) is 9.47 Å². The van der Waals surface area contributed by atoms with E-state index in [-0.39, 0.29) is 42.5 Å². The number of nitro benzene ring substituents is 1. The molecule has 0 aliphatic heterocycles.